The molecule has 0 fully saturated rings. The van der Waals surface area contributed by atoms with Crippen LogP contribution in [0.3, 0.4) is 0 Å². The number of para-hydroxylation sites is 4. The van der Waals surface area contributed by atoms with Crippen LogP contribution in [0, 0.1) is 0 Å². The van der Waals surface area contributed by atoms with Crippen molar-refractivity contribution in [3.05, 3.63) is 231 Å². The van der Waals surface area contributed by atoms with Crippen molar-refractivity contribution in [1.29, 1.82) is 0 Å². The molecule has 0 radical (unpaired) electrons. The van der Waals surface area contributed by atoms with Crippen molar-refractivity contribution in [1.82, 2.24) is 4.57 Å². The van der Waals surface area contributed by atoms with E-state index in [1.54, 1.807) is 0 Å². The van der Waals surface area contributed by atoms with E-state index in [1.165, 1.54) is 32.7 Å². The highest BCUT2D eigenvalue weighted by atomic mass is 16.3. The molecule has 0 bridgehead atoms. The van der Waals surface area contributed by atoms with Gasteiger partial charge in [0.2, 0.25) is 0 Å². The van der Waals surface area contributed by atoms with Gasteiger partial charge in [0.25, 0.3) is 0 Å². The second-order valence-electron chi connectivity index (χ2n) is 15.6. The van der Waals surface area contributed by atoms with Crippen molar-refractivity contribution in [2.45, 2.75) is 0 Å². The Kier molecular flexibility index (Phi) is 8.17. The molecule has 3 nitrogen and oxygen atoms in total. The summed E-state index contributed by atoms with van der Waals surface area (Å²) in [6.07, 6.45) is 0. The molecular weight excluding hydrogens is 741 g/mol. The van der Waals surface area contributed by atoms with Crippen LogP contribution in [0.15, 0.2) is 235 Å². The minimum Gasteiger partial charge on any atom is -0.455 e. The standard InChI is InChI=1S/C58H38N2O/c1-3-16-39(17-4-1)40-30-33-43(34-31-40)59(57-45-21-8-7-20-42(45)32-36-46(57)41-18-5-2-6-19-41)44-35-37-49-47-22-9-12-27-53(47)60(55(49)38-44)54-28-13-10-23-48(54)51-25-15-26-52-50-24-11-14-29-56(50)61-58(51)52/h1-38H. The molecule has 0 saturated heterocycles. The monoisotopic (exact) mass is 778 g/mol. The molecule has 0 aliphatic heterocycles. The topological polar surface area (TPSA) is 21.3 Å². The lowest BCUT2D eigenvalue weighted by Crippen LogP contribution is -2.12. The number of hydrogen-bond donors (Lipinski definition) is 0. The predicted molar refractivity (Wildman–Crippen MR) is 257 cm³/mol. The van der Waals surface area contributed by atoms with E-state index in [0.717, 1.165) is 78.0 Å². The predicted octanol–water partition coefficient (Wildman–Crippen LogP) is 16.3. The van der Waals surface area contributed by atoms with Gasteiger partial charge >= 0.3 is 0 Å². The number of hydrogen-bond acceptors (Lipinski definition) is 2. The Morgan fingerprint density at radius 2 is 0.951 bits per heavy atom. The zero-order valence-corrected chi connectivity index (χ0v) is 33.2. The normalized spacial score (nSPS) is 11.6. The van der Waals surface area contributed by atoms with Gasteiger partial charge in [0, 0.05) is 55.0 Å². The van der Waals surface area contributed by atoms with Crippen molar-refractivity contribution in [3.8, 4) is 39.1 Å². The maximum absolute atomic E-state index is 6.64. The van der Waals surface area contributed by atoms with Crippen LogP contribution in [0.5, 0.6) is 0 Å². The highest BCUT2D eigenvalue weighted by Crippen LogP contribution is 2.47. The molecule has 3 heteroatoms. The molecule has 2 aromatic heterocycles. The Morgan fingerprint density at radius 1 is 0.344 bits per heavy atom. The number of benzene rings is 10. The maximum atomic E-state index is 6.64. The first-order chi connectivity index (χ1) is 30.3. The summed E-state index contributed by atoms with van der Waals surface area (Å²) in [6, 6.07) is 83.0. The number of nitrogens with zero attached hydrogens (tertiary/aromatic N) is 2. The van der Waals surface area contributed by atoms with Gasteiger partial charge < -0.3 is 13.9 Å². The van der Waals surface area contributed by atoms with Crippen LogP contribution in [0.1, 0.15) is 0 Å². The fourth-order valence-corrected chi connectivity index (χ4v) is 9.40. The highest BCUT2D eigenvalue weighted by Gasteiger charge is 2.24. The molecule has 12 rings (SSSR count). The van der Waals surface area contributed by atoms with Gasteiger partial charge in [0.15, 0.2) is 0 Å². The zero-order chi connectivity index (χ0) is 40.3. The van der Waals surface area contributed by atoms with Crippen molar-refractivity contribution in [3.63, 3.8) is 0 Å². The van der Waals surface area contributed by atoms with Gasteiger partial charge in [0.05, 0.1) is 22.4 Å². The fourth-order valence-electron chi connectivity index (χ4n) is 9.40. The molecule has 0 atom stereocenters. The summed E-state index contributed by atoms with van der Waals surface area (Å²) < 4.78 is 9.08. The van der Waals surface area contributed by atoms with E-state index in [1.807, 2.05) is 6.07 Å². The molecule has 10 aromatic carbocycles. The van der Waals surface area contributed by atoms with Crippen LogP contribution < -0.4 is 4.90 Å². The minimum atomic E-state index is 0.893. The van der Waals surface area contributed by atoms with Crippen LogP contribution >= 0.6 is 0 Å². The van der Waals surface area contributed by atoms with Crippen molar-refractivity contribution < 1.29 is 4.42 Å². The zero-order valence-electron chi connectivity index (χ0n) is 33.2. The molecule has 0 N–H and O–H groups in total. The Hall–Kier alpha value is -8.14. The number of fused-ring (bicyclic) bond motifs is 7. The Labute approximate surface area is 353 Å². The summed E-state index contributed by atoms with van der Waals surface area (Å²) in [6.45, 7) is 0. The average molecular weight is 779 g/mol. The average Bonchev–Trinajstić information content (AvgIpc) is 3.88. The van der Waals surface area contributed by atoms with Crippen molar-refractivity contribution in [2.75, 3.05) is 4.90 Å². The van der Waals surface area contributed by atoms with Crippen molar-refractivity contribution >= 4 is 71.6 Å². The summed E-state index contributed by atoms with van der Waals surface area (Å²) in [5.74, 6) is 0. The van der Waals surface area contributed by atoms with E-state index in [9.17, 15) is 0 Å². The molecule has 286 valence electrons. The van der Waals surface area contributed by atoms with Gasteiger partial charge in [-0.25, -0.2) is 0 Å². The lowest BCUT2D eigenvalue weighted by Gasteiger charge is -2.30. The molecule has 0 amide bonds. The molecule has 12 aromatic rings. The summed E-state index contributed by atoms with van der Waals surface area (Å²) in [5, 5.41) is 7.00. The molecule has 0 spiro atoms. The molecule has 0 unspecified atom stereocenters. The summed E-state index contributed by atoms with van der Waals surface area (Å²) in [7, 11) is 0. The minimum absolute atomic E-state index is 0.893. The second kappa shape index (κ2) is 14.3. The summed E-state index contributed by atoms with van der Waals surface area (Å²) in [5.41, 5.74) is 15.3. The summed E-state index contributed by atoms with van der Waals surface area (Å²) in [4.78, 5) is 2.46. The molecular formula is C58H38N2O. The van der Waals surface area contributed by atoms with Gasteiger partial charge in [-0.2, -0.15) is 0 Å². The molecule has 0 aliphatic rings. The molecule has 0 aliphatic carbocycles. The van der Waals surface area contributed by atoms with Crippen molar-refractivity contribution in [2.24, 2.45) is 0 Å². The van der Waals surface area contributed by atoms with Gasteiger partial charge in [0.1, 0.15) is 11.2 Å². The maximum Gasteiger partial charge on any atom is 0.143 e. The van der Waals surface area contributed by atoms with E-state index in [4.69, 9.17) is 4.42 Å². The van der Waals surface area contributed by atoms with E-state index >= 15 is 0 Å². The van der Waals surface area contributed by atoms with Gasteiger partial charge in [-0.15, -0.1) is 0 Å². The fraction of sp³-hybridized carbons (Fsp3) is 0. The molecule has 0 saturated carbocycles. The van der Waals surface area contributed by atoms with E-state index < -0.39 is 0 Å². The number of anilines is 3. The van der Waals surface area contributed by atoms with E-state index in [0.29, 0.717) is 0 Å². The lowest BCUT2D eigenvalue weighted by molar-refractivity contribution is 0.670. The first kappa shape index (κ1) is 34.9. The lowest BCUT2D eigenvalue weighted by atomic mass is 9.96. The quantitative estimate of drug-likeness (QED) is 0.161. The Balaban J connectivity index is 1.13. The summed E-state index contributed by atoms with van der Waals surface area (Å²) >= 11 is 0. The van der Waals surface area contributed by atoms with E-state index in [-0.39, 0.29) is 0 Å². The molecule has 2 heterocycles. The second-order valence-corrected chi connectivity index (χ2v) is 15.6. The van der Waals surface area contributed by atoms with Gasteiger partial charge in [-0.05, 0) is 64.5 Å². The first-order valence-electron chi connectivity index (χ1n) is 20.8. The Morgan fingerprint density at radius 3 is 1.79 bits per heavy atom. The third kappa shape index (κ3) is 5.74. The number of aromatic nitrogens is 1. The van der Waals surface area contributed by atoms with Crippen LogP contribution in [0.2, 0.25) is 0 Å². The largest absolute Gasteiger partial charge is 0.455 e. The van der Waals surface area contributed by atoms with Gasteiger partial charge in [-0.3, -0.25) is 0 Å². The third-order valence-corrected chi connectivity index (χ3v) is 12.2. The Bertz CT molecular complexity index is 3580. The SMILES string of the molecule is c1ccc(-c2ccc(N(c3ccc4c5ccccc5n(-c5ccccc5-c5cccc6c5oc5ccccc56)c4c3)c3c(-c4ccccc4)ccc4ccccc34)cc2)cc1. The number of rotatable bonds is 7. The first-order valence-corrected chi connectivity index (χ1v) is 20.8. The van der Waals surface area contributed by atoms with Crippen LogP contribution in [0.25, 0.3) is 93.6 Å². The molecule has 61 heavy (non-hydrogen) atoms. The highest BCUT2D eigenvalue weighted by molar-refractivity contribution is 6.14. The van der Waals surface area contributed by atoms with Gasteiger partial charge in [-0.1, -0.05) is 188 Å². The van der Waals surface area contributed by atoms with Crippen LogP contribution in [0.4, 0.5) is 17.1 Å². The number of furan rings is 1. The van der Waals surface area contributed by atoms with E-state index in [2.05, 4.69) is 234 Å². The van der Waals surface area contributed by atoms with Crippen LogP contribution in [-0.4, -0.2) is 4.57 Å². The van der Waals surface area contributed by atoms with Crippen LogP contribution in [-0.2, 0) is 0 Å². The third-order valence-electron chi connectivity index (χ3n) is 12.2. The smallest absolute Gasteiger partial charge is 0.143 e.